The van der Waals surface area contributed by atoms with Gasteiger partial charge in [-0.3, -0.25) is 4.79 Å². The molecule has 0 saturated carbocycles. The molecule has 0 aliphatic rings. The van der Waals surface area contributed by atoms with E-state index in [1.165, 1.54) is 0 Å². The number of nitrogens with one attached hydrogen (secondary N) is 1. The maximum absolute atomic E-state index is 10.6. The maximum Gasteiger partial charge on any atom is 0.221 e. The lowest BCUT2D eigenvalue weighted by Gasteiger charge is -1.96. The van der Waals surface area contributed by atoms with Gasteiger partial charge < -0.3 is 10.7 Å². The lowest BCUT2D eigenvalue weighted by molar-refractivity contribution is -0.117. The Hall–Kier alpha value is -1.84. The largest absolute Gasteiger partial charge is 0.369 e. The second-order valence-corrected chi connectivity index (χ2v) is 2.90. The summed E-state index contributed by atoms with van der Waals surface area (Å²) >= 11 is 0. The molecule has 0 unspecified atom stereocenters. The smallest absolute Gasteiger partial charge is 0.221 e. The SMILES string of the molecule is NC(=O)Cc1cnc2[nH]ccc2c1. The number of H-pyrrole nitrogens is 1. The monoisotopic (exact) mass is 175 g/mol. The van der Waals surface area contributed by atoms with E-state index < -0.39 is 0 Å². The first-order valence-corrected chi connectivity index (χ1v) is 3.96. The third kappa shape index (κ3) is 1.51. The van der Waals surface area contributed by atoms with E-state index in [4.69, 9.17) is 5.73 Å². The summed E-state index contributed by atoms with van der Waals surface area (Å²) in [5.74, 6) is -0.336. The van der Waals surface area contributed by atoms with Gasteiger partial charge in [0.05, 0.1) is 6.42 Å². The molecular weight excluding hydrogens is 166 g/mol. The van der Waals surface area contributed by atoms with Crippen LogP contribution < -0.4 is 5.73 Å². The van der Waals surface area contributed by atoms with Crippen molar-refractivity contribution in [2.45, 2.75) is 6.42 Å². The van der Waals surface area contributed by atoms with E-state index in [2.05, 4.69) is 9.97 Å². The molecule has 0 fully saturated rings. The van der Waals surface area contributed by atoms with E-state index >= 15 is 0 Å². The van der Waals surface area contributed by atoms with E-state index in [1.54, 1.807) is 6.20 Å². The highest BCUT2D eigenvalue weighted by molar-refractivity contribution is 5.80. The number of aromatic amines is 1. The summed E-state index contributed by atoms with van der Waals surface area (Å²) in [4.78, 5) is 17.7. The molecule has 0 spiro atoms. The van der Waals surface area contributed by atoms with Crippen LogP contribution in [-0.4, -0.2) is 15.9 Å². The number of carbonyl (C=O) groups is 1. The third-order valence-corrected chi connectivity index (χ3v) is 1.84. The molecule has 0 atom stereocenters. The minimum Gasteiger partial charge on any atom is -0.369 e. The fourth-order valence-corrected chi connectivity index (χ4v) is 1.28. The fourth-order valence-electron chi connectivity index (χ4n) is 1.28. The van der Waals surface area contributed by atoms with Crippen LogP contribution in [0.15, 0.2) is 24.5 Å². The number of nitrogens with two attached hydrogens (primary N) is 1. The summed E-state index contributed by atoms with van der Waals surface area (Å²) in [6.45, 7) is 0. The minimum absolute atomic E-state index is 0.244. The predicted molar refractivity (Wildman–Crippen MR) is 49.0 cm³/mol. The van der Waals surface area contributed by atoms with Gasteiger partial charge in [0.25, 0.3) is 0 Å². The van der Waals surface area contributed by atoms with Crippen LogP contribution in [0.1, 0.15) is 5.56 Å². The maximum atomic E-state index is 10.6. The van der Waals surface area contributed by atoms with Gasteiger partial charge in [0.1, 0.15) is 5.65 Å². The first-order chi connectivity index (χ1) is 6.25. The van der Waals surface area contributed by atoms with E-state index in [9.17, 15) is 4.79 Å². The number of nitrogens with zero attached hydrogens (tertiary/aromatic N) is 1. The van der Waals surface area contributed by atoms with E-state index in [0.29, 0.717) is 0 Å². The normalized spacial score (nSPS) is 10.5. The van der Waals surface area contributed by atoms with Crippen molar-refractivity contribution in [3.05, 3.63) is 30.1 Å². The minimum atomic E-state index is -0.336. The van der Waals surface area contributed by atoms with Crippen LogP contribution in [-0.2, 0) is 11.2 Å². The molecule has 2 heterocycles. The quantitative estimate of drug-likeness (QED) is 0.701. The van der Waals surface area contributed by atoms with Crippen molar-refractivity contribution in [2.75, 3.05) is 0 Å². The fraction of sp³-hybridized carbons (Fsp3) is 0.111. The number of amides is 1. The Morgan fingerprint density at radius 1 is 1.62 bits per heavy atom. The number of carbonyl (C=O) groups excluding carboxylic acids is 1. The summed E-state index contributed by atoms with van der Waals surface area (Å²) in [5, 5.41) is 0.999. The highest BCUT2D eigenvalue weighted by Crippen LogP contribution is 2.11. The van der Waals surface area contributed by atoms with Gasteiger partial charge in [-0.2, -0.15) is 0 Å². The summed E-state index contributed by atoms with van der Waals surface area (Å²) in [6, 6.07) is 3.82. The molecule has 0 saturated heterocycles. The van der Waals surface area contributed by atoms with Gasteiger partial charge in [0.2, 0.25) is 5.91 Å². The molecule has 4 heteroatoms. The van der Waals surface area contributed by atoms with Gasteiger partial charge in [-0.1, -0.05) is 0 Å². The Labute approximate surface area is 74.8 Å². The number of primary amides is 1. The summed E-state index contributed by atoms with van der Waals surface area (Å²) in [5.41, 5.74) is 6.74. The number of aromatic nitrogens is 2. The zero-order chi connectivity index (χ0) is 9.26. The number of hydrogen-bond acceptors (Lipinski definition) is 2. The summed E-state index contributed by atoms with van der Waals surface area (Å²) in [7, 11) is 0. The van der Waals surface area contributed by atoms with E-state index in [-0.39, 0.29) is 12.3 Å². The number of hydrogen-bond donors (Lipinski definition) is 2. The van der Waals surface area contributed by atoms with Gasteiger partial charge in [-0.05, 0) is 17.7 Å². The second kappa shape index (κ2) is 2.90. The van der Waals surface area contributed by atoms with Crippen molar-refractivity contribution < 1.29 is 4.79 Å². The number of rotatable bonds is 2. The molecule has 3 N–H and O–H groups in total. The van der Waals surface area contributed by atoms with Gasteiger partial charge in [0, 0.05) is 17.8 Å². The molecule has 2 aromatic rings. The first-order valence-electron chi connectivity index (χ1n) is 3.96. The molecule has 66 valence electrons. The highest BCUT2D eigenvalue weighted by Gasteiger charge is 2.01. The van der Waals surface area contributed by atoms with Crippen LogP contribution in [0.2, 0.25) is 0 Å². The van der Waals surface area contributed by atoms with Crippen molar-refractivity contribution in [1.82, 2.24) is 9.97 Å². The molecule has 0 aliphatic heterocycles. The average molecular weight is 175 g/mol. The Morgan fingerprint density at radius 2 is 2.46 bits per heavy atom. The number of pyridine rings is 1. The van der Waals surface area contributed by atoms with Gasteiger partial charge in [-0.25, -0.2) is 4.98 Å². The van der Waals surface area contributed by atoms with Crippen molar-refractivity contribution in [3.8, 4) is 0 Å². The summed E-state index contributed by atoms with van der Waals surface area (Å²) < 4.78 is 0. The van der Waals surface area contributed by atoms with Gasteiger partial charge in [0.15, 0.2) is 0 Å². The van der Waals surface area contributed by atoms with Crippen molar-refractivity contribution in [3.63, 3.8) is 0 Å². The molecule has 0 aromatic carbocycles. The van der Waals surface area contributed by atoms with Gasteiger partial charge >= 0.3 is 0 Å². The molecule has 0 bridgehead atoms. The average Bonchev–Trinajstić information content (AvgIpc) is 2.49. The molecule has 1 amide bonds. The van der Waals surface area contributed by atoms with Crippen LogP contribution in [0.4, 0.5) is 0 Å². The van der Waals surface area contributed by atoms with Crippen LogP contribution in [0.3, 0.4) is 0 Å². The molecule has 0 aliphatic carbocycles. The van der Waals surface area contributed by atoms with Crippen molar-refractivity contribution >= 4 is 16.9 Å². The van der Waals surface area contributed by atoms with Crippen molar-refractivity contribution in [1.29, 1.82) is 0 Å². The number of fused-ring (bicyclic) bond motifs is 1. The lowest BCUT2D eigenvalue weighted by Crippen LogP contribution is -2.13. The molecule has 2 aromatic heterocycles. The van der Waals surface area contributed by atoms with E-state index in [1.807, 2.05) is 18.3 Å². The second-order valence-electron chi connectivity index (χ2n) is 2.90. The van der Waals surface area contributed by atoms with Gasteiger partial charge in [-0.15, -0.1) is 0 Å². The molecule has 4 nitrogen and oxygen atoms in total. The van der Waals surface area contributed by atoms with Crippen LogP contribution in [0.25, 0.3) is 11.0 Å². The summed E-state index contributed by atoms with van der Waals surface area (Å²) in [6.07, 6.45) is 3.71. The predicted octanol–water partition coefficient (Wildman–Crippen LogP) is 0.591. The zero-order valence-corrected chi connectivity index (χ0v) is 6.95. The highest BCUT2D eigenvalue weighted by atomic mass is 16.1. The first kappa shape index (κ1) is 7.79. The third-order valence-electron chi connectivity index (χ3n) is 1.84. The molecular formula is C9H9N3O. The lowest BCUT2D eigenvalue weighted by atomic mass is 10.2. The Balaban J connectivity index is 2.42. The van der Waals surface area contributed by atoms with E-state index in [0.717, 1.165) is 16.6 Å². The Morgan fingerprint density at radius 3 is 3.23 bits per heavy atom. The topological polar surface area (TPSA) is 71.8 Å². The van der Waals surface area contributed by atoms with Crippen molar-refractivity contribution in [2.24, 2.45) is 5.73 Å². The molecule has 13 heavy (non-hydrogen) atoms. The van der Waals surface area contributed by atoms with Crippen LogP contribution >= 0.6 is 0 Å². The van der Waals surface area contributed by atoms with Crippen LogP contribution in [0, 0.1) is 0 Å². The molecule has 0 radical (unpaired) electrons. The Kier molecular flexibility index (Phi) is 1.73. The Bertz CT molecular complexity index is 447. The zero-order valence-electron chi connectivity index (χ0n) is 6.95. The molecule has 2 rings (SSSR count). The van der Waals surface area contributed by atoms with Crippen LogP contribution in [0.5, 0.6) is 0 Å². The standard InChI is InChI=1S/C9H9N3O/c10-8(13)4-6-3-7-1-2-11-9(7)12-5-6/h1-3,5H,4H2,(H2,10,13)(H,11,12).